The number of aromatic carboxylic acids is 1. The normalized spacial score (nSPS) is 26.5. The third-order valence-electron chi connectivity index (χ3n) is 11.0. The minimum absolute atomic E-state index is 0.00109. The number of hydrogen-bond donors (Lipinski definition) is 4. The topological polar surface area (TPSA) is 165 Å². The Morgan fingerprint density at radius 1 is 0.846 bits per heavy atom. The lowest BCUT2D eigenvalue weighted by Crippen LogP contribution is -2.53. The number of para-hydroxylation sites is 1. The molecule has 8 rings (SSSR count). The van der Waals surface area contributed by atoms with Crippen LogP contribution >= 0.6 is 11.6 Å². The summed E-state index contributed by atoms with van der Waals surface area (Å²) < 4.78 is 13.8. The highest BCUT2D eigenvalue weighted by Gasteiger charge is 2.70. The minimum Gasteiger partial charge on any atom is -0.508 e. The summed E-state index contributed by atoms with van der Waals surface area (Å²) in [5, 5.41) is 32.5. The molecule has 2 saturated heterocycles. The summed E-state index contributed by atoms with van der Waals surface area (Å²) >= 11 is 6.31. The largest absolute Gasteiger partial charge is 0.508 e. The van der Waals surface area contributed by atoms with Crippen LogP contribution in [-0.4, -0.2) is 49.9 Å². The number of carbonyl (C=O) groups excluding carboxylic acids is 4. The van der Waals surface area contributed by atoms with Crippen LogP contribution in [0.25, 0.3) is 0 Å². The number of carbonyl (C=O) groups is 5. The van der Waals surface area contributed by atoms with E-state index in [4.69, 9.17) is 11.6 Å². The zero-order chi connectivity index (χ0) is 36.6. The Bertz CT molecular complexity index is 2240. The van der Waals surface area contributed by atoms with Crippen LogP contribution < -0.4 is 10.3 Å². The number of aromatic hydroxyl groups is 2. The van der Waals surface area contributed by atoms with Gasteiger partial charge in [-0.05, 0) is 78.9 Å². The first kappa shape index (κ1) is 33.2. The third-order valence-corrected chi connectivity index (χ3v) is 11.2. The van der Waals surface area contributed by atoms with Crippen LogP contribution in [0.4, 0.5) is 15.8 Å². The highest BCUT2D eigenvalue weighted by molar-refractivity contribution is 6.30. The summed E-state index contributed by atoms with van der Waals surface area (Å²) in [5.74, 6) is -9.73. The summed E-state index contributed by atoms with van der Waals surface area (Å²) in [7, 11) is 0. The van der Waals surface area contributed by atoms with Crippen molar-refractivity contribution in [2.75, 3.05) is 10.3 Å². The first-order valence-electron chi connectivity index (χ1n) is 16.5. The molecule has 262 valence electrons. The van der Waals surface area contributed by atoms with E-state index in [9.17, 15) is 38.9 Å². The number of imide groups is 2. The number of phenolic OH excluding ortho intramolecular Hbond substituents is 1. The molecule has 0 unspecified atom stereocenters. The van der Waals surface area contributed by atoms with Gasteiger partial charge in [0, 0.05) is 22.6 Å². The summed E-state index contributed by atoms with van der Waals surface area (Å²) in [6.07, 6.45) is 1.90. The average molecular weight is 722 g/mol. The number of fused-ring (bicyclic) bond motifs is 4. The molecule has 11 nitrogen and oxygen atoms in total. The lowest BCUT2D eigenvalue weighted by Gasteiger charge is -2.50. The van der Waals surface area contributed by atoms with E-state index < -0.39 is 81.7 Å². The van der Waals surface area contributed by atoms with Crippen LogP contribution in [0.1, 0.15) is 40.2 Å². The lowest BCUT2D eigenvalue weighted by molar-refractivity contribution is -0.138. The second-order valence-corrected chi connectivity index (χ2v) is 13.9. The van der Waals surface area contributed by atoms with Crippen LogP contribution in [0.2, 0.25) is 5.02 Å². The summed E-state index contributed by atoms with van der Waals surface area (Å²) in [4.78, 5) is 70.6. The van der Waals surface area contributed by atoms with E-state index in [1.54, 1.807) is 42.5 Å². The Morgan fingerprint density at radius 3 is 2.23 bits per heavy atom. The van der Waals surface area contributed by atoms with Gasteiger partial charge in [0.2, 0.25) is 11.8 Å². The quantitative estimate of drug-likeness (QED) is 0.143. The van der Waals surface area contributed by atoms with Gasteiger partial charge < -0.3 is 15.3 Å². The van der Waals surface area contributed by atoms with Gasteiger partial charge >= 0.3 is 5.97 Å². The lowest BCUT2D eigenvalue weighted by atomic mass is 9.49. The summed E-state index contributed by atoms with van der Waals surface area (Å²) in [6, 6.07) is 21.6. The van der Waals surface area contributed by atoms with Crippen molar-refractivity contribution in [2.45, 2.75) is 24.2 Å². The number of hydrazine groups is 1. The molecule has 4 amide bonds. The van der Waals surface area contributed by atoms with E-state index >= 15 is 4.79 Å². The maximum absolute atomic E-state index is 15.1. The Labute approximate surface area is 300 Å². The molecule has 0 spiro atoms. The number of phenols is 2. The molecule has 2 aliphatic carbocycles. The Kier molecular flexibility index (Phi) is 7.68. The van der Waals surface area contributed by atoms with Gasteiger partial charge in [0.15, 0.2) is 0 Å². The standard InChI is InChI=1S/C39H29ClFN3O8/c40-20-7-5-19(6-8-20)39-29(35(48)44(38(39)52)42-22-11-9-21(41)10-12-22)18-28-24(33(39)25-3-1-2-4-30(25)45)15-16-27-32(28)36(49)43(34(27)47)23-13-14-26(37(50)51)31(46)17-23/h1-15,17,27-29,32-33,42,45-46H,16,18H2,(H,50,51)/t27-,28+,29-,32-,33+,39+/m0/s1. The van der Waals surface area contributed by atoms with Gasteiger partial charge in [0.05, 0.1) is 34.5 Å². The molecule has 6 atom stereocenters. The van der Waals surface area contributed by atoms with E-state index in [0.717, 1.165) is 22.0 Å². The van der Waals surface area contributed by atoms with Gasteiger partial charge in [-0.2, -0.15) is 5.01 Å². The molecule has 1 saturated carbocycles. The maximum atomic E-state index is 15.1. The Hall–Kier alpha value is -6.01. The zero-order valence-electron chi connectivity index (χ0n) is 27.1. The van der Waals surface area contributed by atoms with Crippen molar-refractivity contribution in [2.24, 2.45) is 23.7 Å². The van der Waals surface area contributed by atoms with E-state index in [2.05, 4.69) is 5.43 Å². The van der Waals surface area contributed by atoms with Gasteiger partial charge in [0.25, 0.3) is 11.8 Å². The maximum Gasteiger partial charge on any atom is 0.339 e. The number of allylic oxidation sites excluding steroid dienone is 2. The van der Waals surface area contributed by atoms with Crippen molar-refractivity contribution in [3.8, 4) is 11.5 Å². The van der Waals surface area contributed by atoms with Crippen molar-refractivity contribution in [3.05, 3.63) is 130 Å². The highest BCUT2D eigenvalue weighted by atomic mass is 35.5. The molecule has 0 aromatic heterocycles. The van der Waals surface area contributed by atoms with Gasteiger partial charge in [-0.3, -0.25) is 24.6 Å². The molecule has 2 heterocycles. The van der Waals surface area contributed by atoms with Crippen LogP contribution in [0, 0.1) is 29.5 Å². The average Bonchev–Trinajstić information content (AvgIpc) is 3.50. The number of benzene rings is 4. The minimum atomic E-state index is -1.66. The number of rotatable bonds is 6. The molecule has 4 N–H and O–H groups in total. The molecule has 0 bridgehead atoms. The van der Waals surface area contributed by atoms with Crippen molar-refractivity contribution >= 4 is 52.6 Å². The van der Waals surface area contributed by atoms with E-state index in [1.165, 1.54) is 36.4 Å². The fraction of sp³-hybridized carbons (Fsp3) is 0.205. The molecule has 52 heavy (non-hydrogen) atoms. The van der Waals surface area contributed by atoms with Crippen molar-refractivity contribution < 1.29 is 43.7 Å². The number of amides is 4. The SMILES string of the molecule is O=C(O)c1ccc(N2C(=O)[C@H]3[C@H](CC=C4[C@H]3C[C@H]3C(=O)N(Nc5ccc(F)cc5)C(=O)[C@@]3(c3ccc(Cl)cc3)[C@H]4c3ccccc3O)C2=O)cc1O. The smallest absolute Gasteiger partial charge is 0.339 e. The third kappa shape index (κ3) is 4.74. The molecule has 3 fully saturated rings. The summed E-state index contributed by atoms with van der Waals surface area (Å²) in [5.41, 5.74) is 2.47. The second-order valence-electron chi connectivity index (χ2n) is 13.5. The van der Waals surface area contributed by atoms with Crippen LogP contribution in [-0.2, 0) is 24.6 Å². The molecule has 2 aliphatic heterocycles. The predicted octanol–water partition coefficient (Wildman–Crippen LogP) is 5.78. The Balaban J connectivity index is 1.30. The van der Waals surface area contributed by atoms with Crippen molar-refractivity contribution in [1.82, 2.24) is 5.01 Å². The number of nitrogens with one attached hydrogen (secondary N) is 1. The second kappa shape index (κ2) is 12.1. The van der Waals surface area contributed by atoms with E-state index in [0.29, 0.717) is 21.7 Å². The first-order chi connectivity index (χ1) is 24.9. The van der Waals surface area contributed by atoms with E-state index in [-0.39, 0.29) is 30.0 Å². The molecular formula is C39H29ClFN3O8. The zero-order valence-corrected chi connectivity index (χ0v) is 27.8. The number of nitrogens with zero attached hydrogens (tertiary/aromatic N) is 2. The van der Waals surface area contributed by atoms with Crippen molar-refractivity contribution in [3.63, 3.8) is 0 Å². The highest BCUT2D eigenvalue weighted by Crippen LogP contribution is 2.65. The van der Waals surface area contributed by atoms with Gasteiger partial charge in [0.1, 0.15) is 22.9 Å². The van der Waals surface area contributed by atoms with Crippen LogP contribution in [0.3, 0.4) is 0 Å². The van der Waals surface area contributed by atoms with E-state index in [1.807, 2.05) is 6.08 Å². The van der Waals surface area contributed by atoms with Gasteiger partial charge in [-0.15, -0.1) is 0 Å². The fourth-order valence-electron chi connectivity index (χ4n) is 8.83. The number of carboxylic acid groups (broad SMARTS) is 1. The van der Waals surface area contributed by atoms with Gasteiger partial charge in [-0.25, -0.2) is 14.1 Å². The summed E-state index contributed by atoms with van der Waals surface area (Å²) in [6.45, 7) is 0. The molecular weight excluding hydrogens is 693 g/mol. The molecule has 4 aromatic carbocycles. The molecule has 4 aromatic rings. The number of anilines is 2. The number of hydrogen-bond acceptors (Lipinski definition) is 8. The fourth-order valence-corrected chi connectivity index (χ4v) is 8.95. The molecule has 13 heteroatoms. The van der Waals surface area contributed by atoms with Crippen molar-refractivity contribution in [1.29, 1.82) is 0 Å². The van der Waals surface area contributed by atoms with Crippen LogP contribution in [0.5, 0.6) is 11.5 Å². The monoisotopic (exact) mass is 721 g/mol. The molecule has 4 aliphatic rings. The van der Waals surface area contributed by atoms with Crippen LogP contribution in [0.15, 0.2) is 103 Å². The predicted molar refractivity (Wildman–Crippen MR) is 185 cm³/mol. The Morgan fingerprint density at radius 2 is 1.56 bits per heavy atom. The first-order valence-corrected chi connectivity index (χ1v) is 16.9. The van der Waals surface area contributed by atoms with Gasteiger partial charge in [-0.1, -0.05) is 53.6 Å². The molecule has 0 radical (unpaired) electrons. The number of carboxylic acids is 1. The number of halogens is 2.